The van der Waals surface area contributed by atoms with Crippen LogP contribution in [-0.4, -0.2) is 10.9 Å². The molecule has 1 aromatic heterocycles. The minimum atomic E-state index is 0.119. The summed E-state index contributed by atoms with van der Waals surface area (Å²) in [7, 11) is 0. The largest absolute Gasteiger partial charge is 0.443 e. The van der Waals surface area contributed by atoms with E-state index in [0.717, 1.165) is 36.3 Å². The number of rotatable bonds is 4. The van der Waals surface area contributed by atoms with E-state index < -0.39 is 0 Å². The molecule has 104 valence electrons. The van der Waals surface area contributed by atoms with E-state index in [1.165, 1.54) is 0 Å². The third kappa shape index (κ3) is 2.59. The Hall–Kier alpha value is -2.10. The first-order chi connectivity index (χ1) is 9.74. The van der Waals surface area contributed by atoms with Crippen LogP contribution >= 0.6 is 0 Å². The first-order valence-electron chi connectivity index (χ1n) is 7.03. The summed E-state index contributed by atoms with van der Waals surface area (Å²) in [4.78, 5) is 16.3. The van der Waals surface area contributed by atoms with Gasteiger partial charge in [0.1, 0.15) is 11.5 Å². The third-order valence-corrected chi connectivity index (χ3v) is 3.78. The van der Waals surface area contributed by atoms with Gasteiger partial charge in [-0.15, -0.1) is 0 Å². The zero-order valence-electron chi connectivity index (χ0n) is 11.6. The molecule has 0 atom stereocenters. The first kappa shape index (κ1) is 12.9. The van der Waals surface area contributed by atoms with Crippen LogP contribution in [0, 0.1) is 12.8 Å². The predicted molar refractivity (Wildman–Crippen MR) is 75.9 cm³/mol. The maximum atomic E-state index is 11.8. The SMILES string of the molecule is Cc1oc(CNC(=O)C2CCC2)nc1-c1ccccc1. The Morgan fingerprint density at radius 2 is 2.10 bits per heavy atom. The van der Waals surface area contributed by atoms with Crippen LogP contribution < -0.4 is 5.32 Å². The molecular weight excluding hydrogens is 252 g/mol. The number of benzene rings is 1. The second kappa shape index (κ2) is 5.49. The molecule has 0 saturated heterocycles. The fourth-order valence-electron chi connectivity index (χ4n) is 2.37. The Morgan fingerprint density at radius 3 is 2.75 bits per heavy atom. The normalized spacial score (nSPS) is 14.8. The number of amides is 1. The van der Waals surface area contributed by atoms with Crippen molar-refractivity contribution in [1.82, 2.24) is 10.3 Å². The molecule has 0 aliphatic heterocycles. The quantitative estimate of drug-likeness (QED) is 0.929. The highest BCUT2D eigenvalue weighted by Crippen LogP contribution is 2.26. The van der Waals surface area contributed by atoms with E-state index in [4.69, 9.17) is 4.42 Å². The average Bonchev–Trinajstić information content (AvgIpc) is 2.77. The summed E-state index contributed by atoms with van der Waals surface area (Å²) in [5, 5.41) is 2.90. The van der Waals surface area contributed by atoms with Gasteiger partial charge in [0, 0.05) is 11.5 Å². The zero-order chi connectivity index (χ0) is 13.9. The van der Waals surface area contributed by atoms with Crippen molar-refractivity contribution in [1.29, 1.82) is 0 Å². The zero-order valence-corrected chi connectivity index (χ0v) is 11.6. The van der Waals surface area contributed by atoms with E-state index in [9.17, 15) is 4.79 Å². The standard InChI is InChI=1S/C16H18N2O2/c1-11-15(12-6-3-2-4-7-12)18-14(20-11)10-17-16(19)13-8-5-9-13/h2-4,6-7,13H,5,8-10H2,1H3,(H,17,19). The molecule has 0 spiro atoms. The number of aromatic nitrogens is 1. The Kier molecular flexibility index (Phi) is 3.54. The summed E-state index contributed by atoms with van der Waals surface area (Å²) >= 11 is 0. The lowest BCUT2D eigenvalue weighted by Gasteiger charge is -2.23. The number of aryl methyl sites for hydroxylation is 1. The van der Waals surface area contributed by atoms with Gasteiger partial charge in [-0.1, -0.05) is 36.8 Å². The van der Waals surface area contributed by atoms with E-state index in [2.05, 4.69) is 10.3 Å². The van der Waals surface area contributed by atoms with Crippen molar-refractivity contribution in [3.05, 3.63) is 42.0 Å². The summed E-state index contributed by atoms with van der Waals surface area (Å²) in [5.41, 5.74) is 1.88. The average molecular weight is 270 g/mol. The summed E-state index contributed by atoms with van der Waals surface area (Å²) in [6.45, 7) is 2.26. The van der Waals surface area contributed by atoms with E-state index in [1.54, 1.807) is 0 Å². The Bertz CT molecular complexity index is 600. The third-order valence-electron chi connectivity index (χ3n) is 3.78. The van der Waals surface area contributed by atoms with Gasteiger partial charge in [0.25, 0.3) is 0 Å². The van der Waals surface area contributed by atoms with E-state index in [0.29, 0.717) is 12.4 Å². The molecule has 2 aromatic rings. The van der Waals surface area contributed by atoms with Gasteiger partial charge in [-0.3, -0.25) is 4.79 Å². The van der Waals surface area contributed by atoms with Crippen LogP contribution in [0.25, 0.3) is 11.3 Å². The van der Waals surface area contributed by atoms with Crippen LogP contribution in [-0.2, 0) is 11.3 Å². The molecule has 1 aromatic carbocycles. The van der Waals surface area contributed by atoms with Gasteiger partial charge in [0.2, 0.25) is 11.8 Å². The molecule has 20 heavy (non-hydrogen) atoms. The maximum Gasteiger partial charge on any atom is 0.223 e. The van der Waals surface area contributed by atoms with Gasteiger partial charge in [-0.2, -0.15) is 0 Å². The fraction of sp³-hybridized carbons (Fsp3) is 0.375. The molecule has 0 bridgehead atoms. The van der Waals surface area contributed by atoms with E-state index in [1.807, 2.05) is 37.3 Å². The highest BCUT2D eigenvalue weighted by Gasteiger charge is 2.25. The number of hydrogen-bond donors (Lipinski definition) is 1. The monoisotopic (exact) mass is 270 g/mol. The molecule has 0 unspecified atom stereocenters. The lowest BCUT2D eigenvalue weighted by Crippen LogP contribution is -2.34. The molecule has 3 rings (SSSR count). The first-order valence-corrected chi connectivity index (χ1v) is 7.03. The topological polar surface area (TPSA) is 55.1 Å². The molecule has 4 nitrogen and oxygen atoms in total. The van der Waals surface area contributed by atoms with Gasteiger partial charge in [0.05, 0.1) is 6.54 Å². The minimum Gasteiger partial charge on any atom is -0.443 e. The van der Waals surface area contributed by atoms with Gasteiger partial charge in [-0.25, -0.2) is 4.98 Å². The molecule has 1 fully saturated rings. The second-order valence-corrected chi connectivity index (χ2v) is 5.22. The lowest BCUT2D eigenvalue weighted by molar-refractivity contribution is -0.127. The van der Waals surface area contributed by atoms with Gasteiger partial charge in [0.15, 0.2) is 0 Å². The van der Waals surface area contributed by atoms with E-state index >= 15 is 0 Å². The van der Waals surface area contributed by atoms with Crippen molar-refractivity contribution in [2.45, 2.75) is 32.7 Å². The van der Waals surface area contributed by atoms with Gasteiger partial charge in [-0.05, 0) is 19.8 Å². The second-order valence-electron chi connectivity index (χ2n) is 5.22. The van der Waals surface area contributed by atoms with Crippen LogP contribution in [0.5, 0.6) is 0 Å². The van der Waals surface area contributed by atoms with Gasteiger partial charge >= 0.3 is 0 Å². The predicted octanol–water partition coefficient (Wildman–Crippen LogP) is 3.07. The molecule has 0 radical (unpaired) electrons. The molecule has 1 aliphatic carbocycles. The highest BCUT2D eigenvalue weighted by molar-refractivity contribution is 5.79. The molecular formula is C16H18N2O2. The summed E-state index contributed by atoms with van der Waals surface area (Å²) < 4.78 is 5.63. The highest BCUT2D eigenvalue weighted by atomic mass is 16.4. The van der Waals surface area contributed by atoms with Gasteiger partial charge < -0.3 is 9.73 Å². The Balaban J connectivity index is 1.68. The van der Waals surface area contributed by atoms with E-state index in [-0.39, 0.29) is 11.8 Å². The number of carbonyl (C=O) groups is 1. The summed E-state index contributed by atoms with van der Waals surface area (Å²) in [6, 6.07) is 9.92. The van der Waals surface area contributed by atoms with Crippen molar-refractivity contribution in [3.8, 4) is 11.3 Å². The van der Waals surface area contributed by atoms with Crippen molar-refractivity contribution < 1.29 is 9.21 Å². The maximum absolute atomic E-state index is 11.8. The lowest BCUT2D eigenvalue weighted by atomic mass is 9.85. The molecule has 1 amide bonds. The molecule has 4 heteroatoms. The number of hydrogen-bond acceptors (Lipinski definition) is 3. The van der Waals surface area contributed by atoms with Crippen molar-refractivity contribution in [3.63, 3.8) is 0 Å². The molecule has 1 heterocycles. The Morgan fingerprint density at radius 1 is 1.35 bits per heavy atom. The number of nitrogens with zero attached hydrogens (tertiary/aromatic N) is 1. The van der Waals surface area contributed by atoms with Crippen LogP contribution in [0.1, 0.15) is 30.9 Å². The van der Waals surface area contributed by atoms with Crippen LogP contribution in [0.2, 0.25) is 0 Å². The van der Waals surface area contributed by atoms with Crippen LogP contribution in [0.15, 0.2) is 34.7 Å². The van der Waals surface area contributed by atoms with Crippen LogP contribution in [0.4, 0.5) is 0 Å². The summed E-state index contributed by atoms with van der Waals surface area (Å²) in [5.74, 6) is 1.66. The molecule has 1 aliphatic rings. The summed E-state index contributed by atoms with van der Waals surface area (Å²) in [6.07, 6.45) is 3.17. The Labute approximate surface area is 118 Å². The van der Waals surface area contributed by atoms with Crippen LogP contribution in [0.3, 0.4) is 0 Å². The smallest absolute Gasteiger partial charge is 0.223 e. The number of carbonyl (C=O) groups excluding carboxylic acids is 1. The number of oxazole rings is 1. The minimum absolute atomic E-state index is 0.119. The molecule has 1 saturated carbocycles. The fourth-order valence-corrected chi connectivity index (χ4v) is 2.37. The molecule has 1 N–H and O–H groups in total. The van der Waals surface area contributed by atoms with Crippen molar-refractivity contribution >= 4 is 5.91 Å². The van der Waals surface area contributed by atoms with Crippen molar-refractivity contribution in [2.24, 2.45) is 5.92 Å². The number of nitrogens with one attached hydrogen (secondary N) is 1. The van der Waals surface area contributed by atoms with Crippen molar-refractivity contribution in [2.75, 3.05) is 0 Å².